The lowest BCUT2D eigenvalue weighted by atomic mass is 9.95. The van der Waals surface area contributed by atoms with Crippen molar-refractivity contribution in [3.8, 4) is 0 Å². The summed E-state index contributed by atoms with van der Waals surface area (Å²) in [6.07, 6.45) is 7.08. The van der Waals surface area contributed by atoms with Gasteiger partial charge in [-0.15, -0.1) is 0 Å². The second-order valence-electron chi connectivity index (χ2n) is 7.50. The van der Waals surface area contributed by atoms with Crippen LogP contribution in [-0.2, 0) is 19.3 Å². The Labute approximate surface area is 166 Å². The van der Waals surface area contributed by atoms with Crippen molar-refractivity contribution in [2.45, 2.75) is 39.0 Å². The smallest absolute Gasteiger partial charge is 0.317 e. The maximum Gasteiger partial charge on any atom is 0.317 e. The van der Waals surface area contributed by atoms with Gasteiger partial charge in [0.1, 0.15) is 11.6 Å². The van der Waals surface area contributed by atoms with Crippen LogP contribution in [0.25, 0.3) is 0 Å². The van der Waals surface area contributed by atoms with Gasteiger partial charge in [-0.05, 0) is 50.3 Å². The topological polar surface area (TPSA) is 74.2 Å². The van der Waals surface area contributed by atoms with Crippen molar-refractivity contribution in [1.82, 2.24) is 25.2 Å². The van der Waals surface area contributed by atoms with E-state index in [1.165, 1.54) is 24.1 Å². The fourth-order valence-electron chi connectivity index (χ4n) is 4.03. The molecule has 2 aromatic heterocycles. The molecular formula is C21H28N6O. The molecule has 0 spiro atoms. The average molecular weight is 380 g/mol. The zero-order chi connectivity index (χ0) is 19.3. The molecule has 0 aromatic carbocycles. The van der Waals surface area contributed by atoms with Crippen molar-refractivity contribution in [2.24, 2.45) is 0 Å². The molecule has 0 saturated carbocycles. The Kier molecular flexibility index (Phi) is 5.69. The van der Waals surface area contributed by atoms with Gasteiger partial charge >= 0.3 is 6.03 Å². The van der Waals surface area contributed by atoms with E-state index in [1.54, 1.807) is 6.20 Å². The predicted molar refractivity (Wildman–Crippen MR) is 109 cm³/mol. The molecule has 1 saturated heterocycles. The number of anilines is 1. The van der Waals surface area contributed by atoms with Gasteiger partial charge in [0.2, 0.25) is 0 Å². The molecule has 3 heterocycles. The Balaban J connectivity index is 1.25. The molecule has 7 nitrogen and oxygen atoms in total. The monoisotopic (exact) mass is 380 g/mol. The second-order valence-corrected chi connectivity index (χ2v) is 7.50. The first-order chi connectivity index (χ1) is 13.7. The Hall–Kier alpha value is -2.70. The molecule has 2 aromatic rings. The number of hydrogen-bond donors (Lipinski definition) is 1. The van der Waals surface area contributed by atoms with Gasteiger partial charge in [-0.25, -0.2) is 19.7 Å². The highest BCUT2D eigenvalue weighted by molar-refractivity contribution is 5.74. The third kappa shape index (κ3) is 4.24. The molecule has 2 aliphatic rings. The minimum absolute atomic E-state index is 0.00430. The molecule has 0 unspecified atom stereocenters. The highest BCUT2D eigenvalue weighted by atomic mass is 16.2. The minimum Gasteiger partial charge on any atom is -0.353 e. The van der Waals surface area contributed by atoms with Crippen LogP contribution in [0.1, 0.15) is 35.6 Å². The molecule has 2 amide bonds. The summed E-state index contributed by atoms with van der Waals surface area (Å²) >= 11 is 0. The van der Waals surface area contributed by atoms with Crippen molar-refractivity contribution in [3.63, 3.8) is 0 Å². The first kappa shape index (κ1) is 18.7. The van der Waals surface area contributed by atoms with E-state index in [1.807, 2.05) is 23.1 Å². The Morgan fingerprint density at radius 3 is 2.71 bits per heavy atom. The van der Waals surface area contributed by atoms with E-state index in [0.29, 0.717) is 26.1 Å². The number of rotatable bonds is 4. The van der Waals surface area contributed by atoms with E-state index in [9.17, 15) is 4.79 Å². The van der Waals surface area contributed by atoms with Crippen LogP contribution < -0.4 is 10.2 Å². The number of aryl methyl sites for hydroxylation is 2. The zero-order valence-corrected chi connectivity index (χ0v) is 16.5. The summed E-state index contributed by atoms with van der Waals surface area (Å²) in [4.78, 5) is 30.3. The molecule has 1 aliphatic heterocycles. The number of amides is 2. The summed E-state index contributed by atoms with van der Waals surface area (Å²) in [6.45, 7) is 5.66. The van der Waals surface area contributed by atoms with Crippen molar-refractivity contribution in [2.75, 3.05) is 37.6 Å². The van der Waals surface area contributed by atoms with Crippen molar-refractivity contribution in [1.29, 1.82) is 0 Å². The van der Waals surface area contributed by atoms with Gasteiger partial charge in [0.05, 0.1) is 0 Å². The first-order valence-electron chi connectivity index (χ1n) is 10.2. The number of carbonyl (C=O) groups is 1. The molecule has 1 N–H and O–H groups in total. The van der Waals surface area contributed by atoms with Crippen LogP contribution in [0, 0.1) is 6.92 Å². The Morgan fingerprint density at radius 2 is 1.93 bits per heavy atom. The summed E-state index contributed by atoms with van der Waals surface area (Å²) < 4.78 is 0. The van der Waals surface area contributed by atoms with E-state index in [2.05, 4.69) is 27.1 Å². The molecule has 0 radical (unpaired) electrons. The number of nitrogens with one attached hydrogen (secondary N) is 1. The quantitative estimate of drug-likeness (QED) is 0.880. The van der Waals surface area contributed by atoms with Crippen molar-refractivity contribution < 1.29 is 4.79 Å². The van der Waals surface area contributed by atoms with Gasteiger partial charge in [0.25, 0.3) is 0 Å². The summed E-state index contributed by atoms with van der Waals surface area (Å²) in [5, 5.41) is 3.03. The highest BCUT2D eigenvalue weighted by Crippen LogP contribution is 2.21. The van der Waals surface area contributed by atoms with Gasteiger partial charge in [-0.2, -0.15) is 0 Å². The fourth-order valence-corrected chi connectivity index (χ4v) is 4.03. The van der Waals surface area contributed by atoms with E-state index in [4.69, 9.17) is 4.98 Å². The molecule has 1 aliphatic carbocycles. The van der Waals surface area contributed by atoms with Gasteiger partial charge < -0.3 is 15.1 Å². The van der Waals surface area contributed by atoms with Gasteiger partial charge in [0.15, 0.2) is 0 Å². The summed E-state index contributed by atoms with van der Waals surface area (Å²) in [7, 11) is 0. The predicted octanol–water partition coefficient (Wildman–Crippen LogP) is 2.13. The molecule has 148 valence electrons. The summed E-state index contributed by atoms with van der Waals surface area (Å²) in [5.41, 5.74) is 3.66. The lowest BCUT2D eigenvalue weighted by Gasteiger charge is -2.35. The fraction of sp³-hybridized carbons (Fsp3) is 0.524. The number of hydrogen-bond acceptors (Lipinski definition) is 5. The lowest BCUT2D eigenvalue weighted by molar-refractivity contribution is 0.194. The third-order valence-corrected chi connectivity index (χ3v) is 5.60. The van der Waals surface area contributed by atoms with Crippen LogP contribution >= 0.6 is 0 Å². The average Bonchev–Trinajstić information content (AvgIpc) is 2.74. The third-order valence-electron chi connectivity index (χ3n) is 5.60. The molecule has 0 atom stereocenters. The lowest BCUT2D eigenvalue weighted by Crippen LogP contribution is -2.52. The van der Waals surface area contributed by atoms with E-state index in [0.717, 1.165) is 43.3 Å². The Morgan fingerprint density at radius 1 is 1.11 bits per heavy atom. The van der Waals surface area contributed by atoms with Crippen LogP contribution in [-0.4, -0.2) is 58.6 Å². The highest BCUT2D eigenvalue weighted by Gasteiger charge is 2.21. The van der Waals surface area contributed by atoms with Crippen LogP contribution in [0.3, 0.4) is 0 Å². The first-order valence-corrected chi connectivity index (χ1v) is 10.2. The standard InChI is InChI=1S/C21H28N6O/c1-16-17-6-2-3-7-18(17)25-19(24-16)9-11-23-21(28)27-14-12-26(13-15-27)20-8-4-5-10-22-20/h4-5,8,10H,2-3,6-7,9,11-15H2,1H3,(H,23,28). The normalized spacial score (nSPS) is 16.6. The number of pyridine rings is 1. The van der Waals surface area contributed by atoms with Gasteiger partial charge in [0, 0.05) is 56.7 Å². The molecule has 0 bridgehead atoms. The van der Waals surface area contributed by atoms with Crippen LogP contribution in [0.2, 0.25) is 0 Å². The second kappa shape index (κ2) is 8.54. The SMILES string of the molecule is Cc1nc(CCNC(=O)N2CCN(c3ccccn3)CC2)nc2c1CCCC2. The molecule has 1 fully saturated rings. The van der Waals surface area contributed by atoms with E-state index >= 15 is 0 Å². The number of carbonyl (C=O) groups excluding carboxylic acids is 1. The number of nitrogens with zero attached hydrogens (tertiary/aromatic N) is 5. The zero-order valence-electron chi connectivity index (χ0n) is 16.5. The number of aromatic nitrogens is 3. The van der Waals surface area contributed by atoms with Crippen LogP contribution in [0.15, 0.2) is 24.4 Å². The van der Waals surface area contributed by atoms with Gasteiger partial charge in [-0.1, -0.05) is 6.07 Å². The van der Waals surface area contributed by atoms with Crippen molar-refractivity contribution in [3.05, 3.63) is 47.2 Å². The summed E-state index contributed by atoms with van der Waals surface area (Å²) in [6, 6.07) is 5.92. The van der Waals surface area contributed by atoms with Crippen LogP contribution in [0.5, 0.6) is 0 Å². The largest absolute Gasteiger partial charge is 0.353 e. The maximum absolute atomic E-state index is 12.5. The Bertz CT molecular complexity index is 817. The van der Waals surface area contributed by atoms with E-state index in [-0.39, 0.29) is 6.03 Å². The van der Waals surface area contributed by atoms with E-state index < -0.39 is 0 Å². The van der Waals surface area contributed by atoms with Crippen LogP contribution in [0.4, 0.5) is 10.6 Å². The van der Waals surface area contributed by atoms with Crippen molar-refractivity contribution >= 4 is 11.8 Å². The molecule has 4 rings (SSSR count). The number of fused-ring (bicyclic) bond motifs is 1. The molecular weight excluding hydrogens is 352 g/mol. The number of urea groups is 1. The summed E-state index contributed by atoms with van der Waals surface area (Å²) in [5.74, 6) is 1.82. The maximum atomic E-state index is 12.5. The molecule has 7 heteroatoms. The minimum atomic E-state index is -0.00430. The van der Waals surface area contributed by atoms with Gasteiger partial charge in [-0.3, -0.25) is 0 Å². The number of piperazine rings is 1. The molecule has 28 heavy (non-hydrogen) atoms.